The number of benzene rings is 1. The number of ketones is 1. The SMILES string of the molecule is CC(Br)C(=O)C1CC1c1cccc2c1CCO2. The van der Waals surface area contributed by atoms with Crippen LogP contribution in [0, 0.1) is 5.92 Å². The van der Waals surface area contributed by atoms with Crippen LogP contribution in [0.3, 0.4) is 0 Å². The van der Waals surface area contributed by atoms with Gasteiger partial charge < -0.3 is 4.74 Å². The molecule has 90 valence electrons. The number of rotatable bonds is 3. The Kier molecular flexibility index (Phi) is 2.74. The molecule has 1 aliphatic carbocycles. The fraction of sp³-hybridized carbons (Fsp3) is 0.500. The van der Waals surface area contributed by atoms with Crippen molar-refractivity contribution in [2.24, 2.45) is 5.92 Å². The normalized spacial score (nSPS) is 27.2. The van der Waals surface area contributed by atoms with Gasteiger partial charge in [-0.05, 0) is 30.9 Å². The summed E-state index contributed by atoms with van der Waals surface area (Å²) in [6, 6.07) is 6.22. The van der Waals surface area contributed by atoms with Gasteiger partial charge in [0.15, 0.2) is 0 Å². The van der Waals surface area contributed by atoms with Crippen molar-refractivity contribution in [3.05, 3.63) is 29.3 Å². The van der Waals surface area contributed by atoms with Crippen molar-refractivity contribution >= 4 is 21.7 Å². The van der Waals surface area contributed by atoms with E-state index < -0.39 is 0 Å². The van der Waals surface area contributed by atoms with Gasteiger partial charge >= 0.3 is 0 Å². The van der Waals surface area contributed by atoms with Crippen molar-refractivity contribution in [3.63, 3.8) is 0 Å². The first-order chi connectivity index (χ1) is 8.18. The number of halogens is 1. The van der Waals surface area contributed by atoms with Crippen LogP contribution in [-0.4, -0.2) is 17.2 Å². The van der Waals surface area contributed by atoms with E-state index in [-0.39, 0.29) is 10.7 Å². The second kappa shape index (κ2) is 4.13. The van der Waals surface area contributed by atoms with Crippen molar-refractivity contribution in [3.8, 4) is 5.75 Å². The van der Waals surface area contributed by atoms with Crippen molar-refractivity contribution in [2.45, 2.75) is 30.5 Å². The molecule has 17 heavy (non-hydrogen) atoms. The van der Waals surface area contributed by atoms with Crippen molar-refractivity contribution in [2.75, 3.05) is 6.61 Å². The van der Waals surface area contributed by atoms with E-state index in [1.165, 1.54) is 11.1 Å². The van der Waals surface area contributed by atoms with Crippen molar-refractivity contribution in [1.82, 2.24) is 0 Å². The molecule has 1 aromatic rings. The first-order valence-electron chi connectivity index (χ1n) is 6.11. The van der Waals surface area contributed by atoms with Gasteiger partial charge in [-0.3, -0.25) is 4.79 Å². The highest BCUT2D eigenvalue weighted by atomic mass is 79.9. The molecular formula is C14H15BrO2. The van der Waals surface area contributed by atoms with Crippen LogP contribution < -0.4 is 4.74 Å². The molecule has 0 saturated heterocycles. The number of ether oxygens (including phenoxy) is 1. The average molecular weight is 295 g/mol. The molecule has 3 rings (SSSR count). The Hall–Kier alpha value is -0.830. The van der Waals surface area contributed by atoms with Gasteiger partial charge in [0.05, 0.1) is 11.4 Å². The largest absolute Gasteiger partial charge is 0.493 e. The van der Waals surface area contributed by atoms with Crippen LogP contribution in [0.1, 0.15) is 30.4 Å². The number of Topliss-reactive ketones (excluding diaryl/α,β-unsaturated/α-hetero) is 1. The van der Waals surface area contributed by atoms with Gasteiger partial charge in [0.1, 0.15) is 11.5 Å². The third kappa shape index (κ3) is 1.90. The summed E-state index contributed by atoms with van der Waals surface area (Å²) >= 11 is 3.37. The van der Waals surface area contributed by atoms with Crippen LogP contribution in [0.15, 0.2) is 18.2 Å². The topological polar surface area (TPSA) is 26.3 Å². The summed E-state index contributed by atoms with van der Waals surface area (Å²) in [5, 5.41) is 0. The quantitative estimate of drug-likeness (QED) is 0.801. The number of hydrogen-bond donors (Lipinski definition) is 0. The molecule has 1 aliphatic heterocycles. The Balaban J connectivity index is 1.84. The highest BCUT2D eigenvalue weighted by Crippen LogP contribution is 2.51. The molecule has 0 spiro atoms. The summed E-state index contributed by atoms with van der Waals surface area (Å²) in [7, 11) is 0. The molecule has 0 aromatic heterocycles. The summed E-state index contributed by atoms with van der Waals surface area (Å²) in [6.45, 7) is 2.70. The Morgan fingerprint density at radius 2 is 2.35 bits per heavy atom. The van der Waals surface area contributed by atoms with Gasteiger partial charge in [-0.2, -0.15) is 0 Å². The summed E-state index contributed by atoms with van der Waals surface area (Å²) in [4.78, 5) is 11.9. The molecule has 3 heteroatoms. The second-order valence-corrected chi connectivity index (χ2v) is 6.26. The van der Waals surface area contributed by atoms with Gasteiger partial charge in [0, 0.05) is 17.9 Å². The van der Waals surface area contributed by atoms with Crippen molar-refractivity contribution in [1.29, 1.82) is 0 Å². The van der Waals surface area contributed by atoms with Crippen LogP contribution in [-0.2, 0) is 11.2 Å². The molecule has 1 heterocycles. The zero-order valence-electron chi connectivity index (χ0n) is 9.78. The van der Waals surface area contributed by atoms with Crippen molar-refractivity contribution < 1.29 is 9.53 Å². The summed E-state index contributed by atoms with van der Waals surface area (Å²) in [5.74, 6) is 2.01. The molecule has 0 radical (unpaired) electrons. The maximum Gasteiger partial charge on any atom is 0.149 e. The monoisotopic (exact) mass is 294 g/mol. The van der Waals surface area contributed by atoms with E-state index >= 15 is 0 Å². The standard InChI is InChI=1S/C14H15BrO2/c1-8(15)14(16)12-7-11(12)9-3-2-4-13-10(9)5-6-17-13/h2-4,8,11-12H,5-7H2,1H3. The maximum absolute atomic E-state index is 11.9. The molecular weight excluding hydrogens is 280 g/mol. The summed E-state index contributed by atoms with van der Waals surface area (Å²) in [5.41, 5.74) is 2.67. The minimum Gasteiger partial charge on any atom is -0.493 e. The summed E-state index contributed by atoms with van der Waals surface area (Å²) < 4.78 is 5.57. The lowest BCUT2D eigenvalue weighted by Gasteiger charge is -2.07. The lowest BCUT2D eigenvalue weighted by molar-refractivity contribution is -0.119. The van der Waals surface area contributed by atoms with Crippen LogP contribution >= 0.6 is 15.9 Å². The number of alkyl halides is 1. The predicted molar refractivity (Wildman–Crippen MR) is 69.9 cm³/mol. The highest BCUT2D eigenvalue weighted by Gasteiger charge is 2.46. The predicted octanol–water partition coefficient (Wildman–Crippen LogP) is 3.08. The molecule has 3 unspecified atom stereocenters. The van der Waals surface area contributed by atoms with Crippen LogP contribution in [0.4, 0.5) is 0 Å². The third-order valence-corrected chi connectivity index (χ3v) is 4.18. The van der Waals surface area contributed by atoms with E-state index in [1.54, 1.807) is 0 Å². The van der Waals surface area contributed by atoms with Gasteiger partial charge in [-0.1, -0.05) is 28.1 Å². The number of fused-ring (bicyclic) bond motifs is 1. The van der Waals surface area contributed by atoms with E-state index in [0.717, 1.165) is 25.2 Å². The minimum absolute atomic E-state index is 0.0227. The number of hydrogen-bond acceptors (Lipinski definition) is 2. The fourth-order valence-corrected chi connectivity index (χ4v) is 3.08. The molecule has 1 saturated carbocycles. The molecule has 2 aliphatic rings. The maximum atomic E-state index is 11.9. The van der Waals surface area contributed by atoms with Crippen LogP contribution in [0.5, 0.6) is 5.75 Å². The Morgan fingerprint density at radius 1 is 1.53 bits per heavy atom. The number of carbonyl (C=O) groups excluding carboxylic acids is 1. The Labute approximate surface area is 109 Å². The molecule has 0 N–H and O–H groups in total. The molecule has 0 amide bonds. The zero-order chi connectivity index (χ0) is 12.0. The molecule has 0 bridgehead atoms. The molecule has 2 nitrogen and oxygen atoms in total. The van der Waals surface area contributed by atoms with E-state index in [1.807, 2.05) is 19.1 Å². The van der Waals surface area contributed by atoms with Crippen LogP contribution in [0.25, 0.3) is 0 Å². The Bertz CT molecular complexity index is 467. The van der Waals surface area contributed by atoms with E-state index in [0.29, 0.717) is 11.7 Å². The minimum atomic E-state index is -0.0227. The Morgan fingerprint density at radius 3 is 3.12 bits per heavy atom. The fourth-order valence-electron chi connectivity index (χ4n) is 2.74. The zero-order valence-corrected chi connectivity index (χ0v) is 11.4. The lowest BCUT2D eigenvalue weighted by Crippen LogP contribution is -2.12. The second-order valence-electron chi connectivity index (χ2n) is 4.89. The third-order valence-electron chi connectivity index (χ3n) is 3.73. The molecule has 1 fully saturated rings. The number of carbonyl (C=O) groups is 1. The van der Waals surface area contributed by atoms with Gasteiger partial charge in [-0.15, -0.1) is 0 Å². The molecule has 3 atom stereocenters. The smallest absolute Gasteiger partial charge is 0.149 e. The van der Waals surface area contributed by atoms with E-state index in [9.17, 15) is 4.79 Å². The average Bonchev–Trinajstić information content (AvgIpc) is 2.95. The van der Waals surface area contributed by atoms with E-state index in [2.05, 4.69) is 22.0 Å². The highest BCUT2D eigenvalue weighted by molar-refractivity contribution is 9.10. The van der Waals surface area contributed by atoms with Gasteiger partial charge in [0.25, 0.3) is 0 Å². The van der Waals surface area contributed by atoms with Gasteiger partial charge in [0.2, 0.25) is 0 Å². The van der Waals surface area contributed by atoms with Gasteiger partial charge in [-0.25, -0.2) is 0 Å². The summed E-state index contributed by atoms with van der Waals surface area (Å²) in [6.07, 6.45) is 2.00. The molecule has 1 aromatic carbocycles. The van der Waals surface area contributed by atoms with E-state index in [4.69, 9.17) is 4.74 Å². The lowest BCUT2D eigenvalue weighted by atomic mass is 9.99. The first-order valence-corrected chi connectivity index (χ1v) is 7.02. The first kappa shape index (κ1) is 11.3. The van der Waals surface area contributed by atoms with Crippen LogP contribution in [0.2, 0.25) is 0 Å².